The second-order valence-electron chi connectivity index (χ2n) is 4.92. The van der Waals surface area contributed by atoms with E-state index in [2.05, 4.69) is 25.5 Å². The average Bonchev–Trinajstić information content (AvgIpc) is 3.14. The highest BCUT2D eigenvalue weighted by Crippen LogP contribution is 2.23. The van der Waals surface area contributed by atoms with E-state index in [4.69, 9.17) is 16.7 Å². The smallest absolute Gasteiger partial charge is 0.270 e. The lowest BCUT2D eigenvalue weighted by Crippen LogP contribution is -2.27. The fourth-order valence-electron chi connectivity index (χ4n) is 2.09. The molecule has 2 heterocycles. The second-order valence-corrected chi connectivity index (χ2v) is 5.36. The van der Waals surface area contributed by atoms with Crippen molar-refractivity contribution in [3.8, 4) is 22.8 Å². The molecule has 0 saturated carbocycles. The molecule has 0 saturated heterocycles. The molecule has 0 fully saturated rings. The van der Waals surface area contributed by atoms with Gasteiger partial charge >= 0.3 is 0 Å². The van der Waals surface area contributed by atoms with Gasteiger partial charge in [0.2, 0.25) is 0 Å². The fourth-order valence-corrected chi connectivity index (χ4v) is 2.22. The van der Waals surface area contributed by atoms with Crippen LogP contribution in [0.4, 0.5) is 0 Å². The van der Waals surface area contributed by atoms with E-state index < -0.39 is 0 Å². The Balaban J connectivity index is 2.06. The van der Waals surface area contributed by atoms with Crippen LogP contribution >= 0.6 is 11.6 Å². The zero-order valence-electron chi connectivity index (χ0n) is 12.5. The summed E-state index contributed by atoms with van der Waals surface area (Å²) in [6, 6.07) is 10.4. The molecular weight excluding hydrogens is 330 g/mol. The summed E-state index contributed by atoms with van der Waals surface area (Å²) in [6.07, 6.45) is 1.58. The van der Waals surface area contributed by atoms with Gasteiger partial charge < -0.3 is 10.4 Å². The Morgan fingerprint density at radius 1 is 1.21 bits per heavy atom. The van der Waals surface area contributed by atoms with Crippen molar-refractivity contribution in [3.05, 3.63) is 53.3 Å². The van der Waals surface area contributed by atoms with Gasteiger partial charge in [0.15, 0.2) is 5.82 Å². The molecule has 0 unspecified atom stereocenters. The largest absolute Gasteiger partial charge is 0.395 e. The summed E-state index contributed by atoms with van der Waals surface area (Å²) >= 11 is 5.92. The zero-order chi connectivity index (χ0) is 16.9. The third kappa shape index (κ3) is 3.58. The third-order valence-corrected chi connectivity index (χ3v) is 3.49. The Morgan fingerprint density at radius 3 is 2.67 bits per heavy atom. The standard InChI is InChI=1S/C16H14ClN5O2/c17-11-3-1-10(2-4-11)13-9-14(16(24)18-7-8-23)21-15(20-13)12-5-6-19-22-12/h1-6,9,23H,7-8H2,(H,18,24)(H,19,22). The molecule has 3 aromatic rings. The number of H-pyrrole nitrogens is 1. The van der Waals surface area contributed by atoms with Gasteiger partial charge in [0.25, 0.3) is 5.91 Å². The Kier molecular flexibility index (Phi) is 4.83. The van der Waals surface area contributed by atoms with Gasteiger partial charge in [0.05, 0.1) is 12.3 Å². The first-order valence-electron chi connectivity index (χ1n) is 7.21. The summed E-state index contributed by atoms with van der Waals surface area (Å²) in [6.45, 7) is 0.00672. The van der Waals surface area contributed by atoms with E-state index in [0.29, 0.717) is 22.2 Å². The molecule has 8 heteroatoms. The monoisotopic (exact) mass is 343 g/mol. The predicted molar refractivity (Wildman–Crippen MR) is 89.5 cm³/mol. The summed E-state index contributed by atoms with van der Waals surface area (Å²) < 4.78 is 0. The van der Waals surface area contributed by atoms with E-state index in [1.54, 1.807) is 30.5 Å². The highest BCUT2D eigenvalue weighted by Gasteiger charge is 2.14. The molecule has 0 spiro atoms. The van der Waals surface area contributed by atoms with Crippen molar-refractivity contribution >= 4 is 17.5 Å². The van der Waals surface area contributed by atoms with E-state index in [-0.39, 0.29) is 24.8 Å². The lowest BCUT2D eigenvalue weighted by atomic mass is 10.1. The van der Waals surface area contributed by atoms with Gasteiger partial charge in [-0.25, -0.2) is 9.97 Å². The van der Waals surface area contributed by atoms with E-state index in [1.807, 2.05) is 12.1 Å². The van der Waals surface area contributed by atoms with Crippen LogP contribution in [0.25, 0.3) is 22.8 Å². The minimum absolute atomic E-state index is 0.145. The number of carbonyl (C=O) groups is 1. The minimum Gasteiger partial charge on any atom is -0.395 e. The maximum atomic E-state index is 12.2. The van der Waals surface area contributed by atoms with Crippen molar-refractivity contribution in [1.82, 2.24) is 25.5 Å². The Hall–Kier alpha value is -2.77. The van der Waals surface area contributed by atoms with Gasteiger partial charge in [-0.2, -0.15) is 5.10 Å². The third-order valence-electron chi connectivity index (χ3n) is 3.24. The van der Waals surface area contributed by atoms with Crippen LogP contribution in [0, 0.1) is 0 Å². The van der Waals surface area contributed by atoms with Crippen molar-refractivity contribution in [1.29, 1.82) is 0 Å². The average molecular weight is 344 g/mol. The molecule has 3 N–H and O–H groups in total. The molecule has 3 rings (SSSR count). The Morgan fingerprint density at radius 2 is 2.00 bits per heavy atom. The van der Waals surface area contributed by atoms with Gasteiger partial charge in [-0.1, -0.05) is 23.7 Å². The molecule has 0 aliphatic carbocycles. The maximum Gasteiger partial charge on any atom is 0.270 e. The summed E-state index contributed by atoms with van der Waals surface area (Å²) in [4.78, 5) is 21.0. The van der Waals surface area contributed by atoms with Crippen LogP contribution < -0.4 is 5.32 Å². The first-order valence-corrected chi connectivity index (χ1v) is 7.59. The molecule has 0 bridgehead atoms. The highest BCUT2D eigenvalue weighted by atomic mass is 35.5. The second kappa shape index (κ2) is 7.20. The molecule has 0 aliphatic heterocycles. The van der Waals surface area contributed by atoms with Crippen LogP contribution in [-0.4, -0.2) is 44.3 Å². The number of halogens is 1. The van der Waals surface area contributed by atoms with Gasteiger partial charge in [0.1, 0.15) is 11.4 Å². The van der Waals surface area contributed by atoms with Crippen molar-refractivity contribution in [2.75, 3.05) is 13.2 Å². The first kappa shape index (κ1) is 16.1. The lowest BCUT2D eigenvalue weighted by molar-refractivity contribution is 0.0940. The predicted octanol–water partition coefficient (Wildman–Crippen LogP) is 1.91. The number of carbonyl (C=O) groups excluding carboxylic acids is 1. The molecule has 0 aliphatic rings. The molecule has 122 valence electrons. The Bertz CT molecular complexity index is 834. The number of hydrogen-bond donors (Lipinski definition) is 3. The van der Waals surface area contributed by atoms with E-state index in [9.17, 15) is 4.79 Å². The molecule has 0 atom stereocenters. The van der Waals surface area contributed by atoms with Gasteiger partial charge in [0, 0.05) is 23.3 Å². The lowest BCUT2D eigenvalue weighted by Gasteiger charge is -2.08. The molecule has 24 heavy (non-hydrogen) atoms. The summed E-state index contributed by atoms with van der Waals surface area (Å²) in [7, 11) is 0. The SMILES string of the molecule is O=C(NCCO)c1cc(-c2ccc(Cl)cc2)nc(-c2ccn[nH]2)n1. The van der Waals surface area contributed by atoms with Crippen LogP contribution in [0.3, 0.4) is 0 Å². The summed E-state index contributed by atoms with van der Waals surface area (Å²) in [5.74, 6) is -0.0310. The number of nitrogens with one attached hydrogen (secondary N) is 2. The van der Waals surface area contributed by atoms with Gasteiger partial charge in [-0.05, 0) is 24.3 Å². The molecule has 7 nitrogen and oxygen atoms in total. The van der Waals surface area contributed by atoms with E-state index >= 15 is 0 Å². The molecule has 1 amide bonds. The maximum absolute atomic E-state index is 12.2. The van der Waals surface area contributed by atoms with Gasteiger partial charge in [-0.15, -0.1) is 0 Å². The number of amides is 1. The normalized spacial score (nSPS) is 10.6. The molecular formula is C16H14ClN5O2. The molecule has 2 aromatic heterocycles. The van der Waals surface area contributed by atoms with Crippen LogP contribution in [-0.2, 0) is 0 Å². The van der Waals surface area contributed by atoms with Gasteiger partial charge in [-0.3, -0.25) is 9.89 Å². The molecule has 0 radical (unpaired) electrons. The Labute approximate surface area is 142 Å². The van der Waals surface area contributed by atoms with Crippen LogP contribution in [0.2, 0.25) is 5.02 Å². The van der Waals surface area contributed by atoms with Crippen LogP contribution in [0.5, 0.6) is 0 Å². The minimum atomic E-state index is -0.387. The number of rotatable bonds is 5. The topological polar surface area (TPSA) is 104 Å². The van der Waals surface area contributed by atoms with Crippen molar-refractivity contribution in [2.24, 2.45) is 0 Å². The summed E-state index contributed by atoms with van der Waals surface area (Å²) in [5.41, 5.74) is 2.19. The van der Waals surface area contributed by atoms with Crippen molar-refractivity contribution in [3.63, 3.8) is 0 Å². The quantitative estimate of drug-likeness (QED) is 0.656. The van der Waals surface area contributed by atoms with Crippen LogP contribution in [0.1, 0.15) is 10.5 Å². The number of aliphatic hydroxyl groups is 1. The number of aromatic amines is 1. The van der Waals surface area contributed by atoms with E-state index in [1.165, 1.54) is 0 Å². The van der Waals surface area contributed by atoms with Crippen LogP contribution in [0.15, 0.2) is 42.6 Å². The van der Waals surface area contributed by atoms with E-state index in [0.717, 1.165) is 5.56 Å². The number of benzene rings is 1. The first-order chi connectivity index (χ1) is 11.7. The fraction of sp³-hybridized carbons (Fsp3) is 0.125. The number of hydrogen-bond acceptors (Lipinski definition) is 5. The zero-order valence-corrected chi connectivity index (χ0v) is 13.3. The molecule has 1 aromatic carbocycles. The number of aliphatic hydroxyl groups excluding tert-OH is 1. The highest BCUT2D eigenvalue weighted by molar-refractivity contribution is 6.30. The van der Waals surface area contributed by atoms with Crippen molar-refractivity contribution < 1.29 is 9.90 Å². The number of nitrogens with zero attached hydrogens (tertiary/aromatic N) is 3. The summed E-state index contributed by atoms with van der Waals surface area (Å²) in [5, 5.41) is 18.7. The number of aromatic nitrogens is 4. The van der Waals surface area contributed by atoms with Crippen molar-refractivity contribution in [2.45, 2.75) is 0 Å².